The van der Waals surface area contributed by atoms with E-state index in [0.29, 0.717) is 52.1 Å². The number of ether oxygens (including phenoxy) is 1. The van der Waals surface area contributed by atoms with Crippen LogP contribution in [0.2, 0.25) is 5.02 Å². The highest BCUT2D eigenvalue weighted by Gasteiger charge is 2.25. The number of carboxylic acids is 1. The van der Waals surface area contributed by atoms with Gasteiger partial charge in [-0.2, -0.15) is 4.98 Å². The van der Waals surface area contributed by atoms with Crippen molar-refractivity contribution in [3.05, 3.63) is 59.5 Å². The minimum atomic E-state index is -0.784. The van der Waals surface area contributed by atoms with Gasteiger partial charge in [-0.15, -0.1) is 9.24 Å². The van der Waals surface area contributed by atoms with E-state index in [1.165, 1.54) is 6.07 Å². The summed E-state index contributed by atoms with van der Waals surface area (Å²) in [4.78, 5) is 21.6. The van der Waals surface area contributed by atoms with Crippen molar-refractivity contribution >= 4 is 37.8 Å². The van der Waals surface area contributed by atoms with Crippen molar-refractivity contribution in [1.82, 2.24) is 9.97 Å². The molecule has 3 aromatic rings. The third kappa shape index (κ3) is 5.34. The van der Waals surface area contributed by atoms with Crippen molar-refractivity contribution in [3.8, 4) is 23.0 Å². The molecule has 166 valence electrons. The van der Waals surface area contributed by atoms with Crippen molar-refractivity contribution in [2.45, 2.75) is 19.3 Å². The van der Waals surface area contributed by atoms with Gasteiger partial charge in [0.15, 0.2) is 5.82 Å². The molecule has 1 N–H and O–H groups in total. The van der Waals surface area contributed by atoms with Crippen LogP contribution in [0.4, 0.5) is 10.1 Å². The number of piperidine rings is 1. The standard InChI is InChI=1S/C23H22ClFN3O3P/c24-16-1-3-17(4-2-16)31-20-5-8-26-23(27-20)15-12-18(25)22(19(32)13-15)28-9-6-14(7-10-28)11-21(29)30/h1-5,8,12-14H,6-7,9-11,32H2,(H,29,30). The van der Waals surface area contributed by atoms with E-state index in [1.54, 1.807) is 36.5 Å². The molecule has 2 heterocycles. The largest absolute Gasteiger partial charge is 0.481 e. The number of nitrogens with zero attached hydrogens (tertiary/aromatic N) is 3. The summed E-state index contributed by atoms with van der Waals surface area (Å²) in [6.45, 7) is 1.24. The predicted octanol–water partition coefficient (Wildman–Crippen LogP) is 4.92. The fourth-order valence-electron chi connectivity index (χ4n) is 3.85. The summed E-state index contributed by atoms with van der Waals surface area (Å²) < 4.78 is 20.9. The minimum Gasteiger partial charge on any atom is -0.481 e. The summed E-state index contributed by atoms with van der Waals surface area (Å²) in [5.41, 5.74) is 1.06. The molecular formula is C23H22ClFN3O3P. The van der Waals surface area contributed by atoms with Crippen LogP contribution in [0, 0.1) is 11.7 Å². The van der Waals surface area contributed by atoms with E-state index in [0.717, 1.165) is 12.8 Å². The molecule has 2 aromatic carbocycles. The van der Waals surface area contributed by atoms with E-state index in [4.69, 9.17) is 21.4 Å². The summed E-state index contributed by atoms with van der Waals surface area (Å²) in [5, 5.41) is 10.3. The average molecular weight is 474 g/mol. The first-order chi connectivity index (χ1) is 15.4. The van der Waals surface area contributed by atoms with Crippen molar-refractivity contribution in [1.29, 1.82) is 0 Å². The Labute approximate surface area is 192 Å². The molecule has 32 heavy (non-hydrogen) atoms. The monoisotopic (exact) mass is 473 g/mol. The Morgan fingerprint density at radius 1 is 1.22 bits per heavy atom. The van der Waals surface area contributed by atoms with Gasteiger partial charge in [-0.05, 0) is 60.5 Å². The number of carbonyl (C=O) groups is 1. The summed E-state index contributed by atoms with van der Waals surface area (Å²) in [6.07, 6.45) is 3.18. The van der Waals surface area contributed by atoms with E-state index in [-0.39, 0.29) is 18.2 Å². The van der Waals surface area contributed by atoms with Crippen LogP contribution in [0.3, 0.4) is 0 Å². The first kappa shape index (κ1) is 22.4. The minimum absolute atomic E-state index is 0.135. The lowest BCUT2D eigenvalue weighted by molar-refractivity contribution is -0.138. The molecule has 9 heteroatoms. The molecular weight excluding hydrogens is 452 g/mol. The second-order valence-corrected chi connectivity index (χ2v) is 8.76. The lowest BCUT2D eigenvalue weighted by Gasteiger charge is -2.34. The van der Waals surface area contributed by atoms with Crippen molar-refractivity contribution in [2.75, 3.05) is 18.0 Å². The van der Waals surface area contributed by atoms with Gasteiger partial charge in [0.25, 0.3) is 0 Å². The molecule has 0 bridgehead atoms. The molecule has 0 saturated carbocycles. The molecule has 1 unspecified atom stereocenters. The summed E-state index contributed by atoms with van der Waals surface area (Å²) in [5.74, 6) is 0.262. The van der Waals surface area contributed by atoms with Gasteiger partial charge in [0.2, 0.25) is 5.88 Å². The molecule has 1 saturated heterocycles. The normalized spacial score (nSPS) is 14.4. The molecule has 0 radical (unpaired) electrons. The topological polar surface area (TPSA) is 75.5 Å². The van der Waals surface area contributed by atoms with Gasteiger partial charge >= 0.3 is 5.97 Å². The maximum absolute atomic E-state index is 15.1. The van der Waals surface area contributed by atoms with Crippen molar-refractivity contribution in [3.63, 3.8) is 0 Å². The van der Waals surface area contributed by atoms with Crippen LogP contribution >= 0.6 is 20.8 Å². The lowest BCUT2D eigenvalue weighted by Crippen LogP contribution is -2.36. The smallest absolute Gasteiger partial charge is 0.303 e. The number of benzene rings is 2. The first-order valence-corrected chi connectivity index (χ1v) is 11.2. The number of hydrogen-bond donors (Lipinski definition) is 1. The number of carboxylic acid groups (broad SMARTS) is 1. The van der Waals surface area contributed by atoms with E-state index in [9.17, 15) is 4.79 Å². The van der Waals surface area contributed by atoms with Gasteiger partial charge in [0.05, 0.1) is 5.69 Å². The second kappa shape index (κ2) is 9.80. The van der Waals surface area contributed by atoms with Gasteiger partial charge < -0.3 is 14.7 Å². The zero-order valence-corrected chi connectivity index (χ0v) is 19.1. The summed E-state index contributed by atoms with van der Waals surface area (Å²) >= 11 is 5.90. The summed E-state index contributed by atoms with van der Waals surface area (Å²) in [7, 11) is 2.58. The zero-order valence-electron chi connectivity index (χ0n) is 17.2. The Morgan fingerprint density at radius 3 is 2.59 bits per heavy atom. The molecule has 0 aliphatic carbocycles. The highest BCUT2D eigenvalue weighted by atomic mass is 35.5. The molecule has 1 aliphatic rings. The Morgan fingerprint density at radius 2 is 1.94 bits per heavy atom. The van der Waals surface area contributed by atoms with Crippen molar-refractivity contribution < 1.29 is 19.0 Å². The summed E-state index contributed by atoms with van der Waals surface area (Å²) in [6, 6.07) is 11.8. The first-order valence-electron chi connectivity index (χ1n) is 10.2. The van der Waals surface area contributed by atoms with E-state index in [2.05, 4.69) is 19.2 Å². The number of aliphatic carboxylic acids is 1. The molecule has 0 spiro atoms. The quantitative estimate of drug-likeness (QED) is 0.512. The molecule has 4 rings (SSSR count). The fourth-order valence-corrected chi connectivity index (χ4v) is 4.48. The van der Waals surface area contributed by atoms with Crippen molar-refractivity contribution in [2.24, 2.45) is 5.92 Å². The van der Waals surface area contributed by atoms with E-state index >= 15 is 4.39 Å². The maximum Gasteiger partial charge on any atom is 0.303 e. The van der Waals surface area contributed by atoms with Gasteiger partial charge in [-0.1, -0.05) is 11.6 Å². The van der Waals surface area contributed by atoms with Gasteiger partial charge in [0, 0.05) is 42.4 Å². The molecule has 0 amide bonds. The van der Waals surface area contributed by atoms with Crippen LogP contribution in [0.15, 0.2) is 48.7 Å². The van der Waals surface area contributed by atoms with Crippen LogP contribution in [-0.2, 0) is 4.79 Å². The van der Waals surface area contributed by atoms with Crippen LogP contribution in [0.5, 0.6) is 11.6 Å². The zero-order chi connectivity index (χ0) is 22.7. The fraction of sp³-hybridized carbons (Fsp3) is 0.261. The number of halogens is 2. The third-order valence-electron chi connectivity index (χ3n) is 5.41. The molecule has 1 aliphatic heterocycles. The molecule has 1 atom stereocenters. The van der Waals surface area contributed by atoms with Crippen LogP contribution in [0.1, 0.15) is 19.3 Å². The van der Waals surface area contributed by atoms with E-state index < -0.39 is 5.97 Å². The number of hydrogen-bond acceptors (Lipinski definition) is 5. The Balaban J connectivity index is 1.52. The Hall–Kier alpha value is -2.76. The molecule has 1 fully saturated rings. The number of rotatable bonds is 6. The number of aromatic nitrogens is 2. The van der Waals surface area contributed by atoms with Gasteiger partial charge in [-0.3, -0.25) is 4.79 Å². The average Bonchev–Trinajstić information content (AvgIpc) is 2.76. The van der Waals surface area contributed by atoms with Gasteiger partial charge in [-0.25, -0.2) is 9.37 Å². The third-order valence-corrected chi connectivity index (χ3v) is 6.10. The maximum atomic E-state index is 15.1. The molecule has 6 nitrogen and oxygen atoms in total. The lowest BCUT2D eigenvalue weighted by atomic mass is 9.93. The van der Waals surface area contributed by atoms with Crippen LogP contribution < -0.4 is 14.9 Å². The van der Waals surface area contributed by atoms with Gasteiger partial charge in [0.1, 0.15) is 11.6 Å². The second-order valence-electron chi connectivity index (χ2n) is 7.70. The predicted molar refractivity (Wildman–Crippen MR) is 125 cm³/mol. The number of anilines is 1. The Bertz CT molecular complexity index is 1100. The highest BCUT2D eigenvalue weighted by Crippen LogP contribution is 2.30. The van der Waals surface area contributed by atoms with E-state index in [1.807, 2.05) is 11.0 Å². The SMILES string of the molecule is O=C(O)CC1CCN(c2c(F)cc(-c3nccc(Oc4ccc(Cl)cc4)n3)cc2P)CC1. The molecule has 1 aromatic heterocycles. The van der Waals surface area contributed by atoms with Crippen LogP contribution in [0.25, 0.3) is 11.4 Å². The van der Waals surface area contributed by atoms with Crippen LogP contribution in [-0.4, -0.2) is 34.1 Å². The highest BCUT2D eigenvalue weighted by molar-refractivity contribution is 7.28. The Kier molecular flexibility index (Phi) is 6.87.